The van der Waals surface area contributed by atoms with Gasteiger partial charge in [0.2, 0.25) is 5.95 Å². The molecule has 3 aromatic rings. The maximum Gasteiger partial charge on any atom is 0.421 e. The van der Waals surface area contributed by atoms with E-state index in [-0.39, 0.29) is 41.8 Å². The molecule has 0 aliphatic carbocycles. The third kappa shape index (κ3) is 6.31. The predicted octanol–water partition coefficient (Wildman–Crippen LogP) is 6.37. The number of rotatable bonds is 11. The molecule has 15 heteroatoms. The quantitative estimate of drug-likeness (QED) is 0.171. The number of fused-ring (bicyclic) bond motifs is 1. The van der Waals surface area contributed by atoms with Gasteiger partial charge in [-0.05, 0) is 73.7 Å². The van der Waals surface area contributed by atoms with E-state index < -0.39 is 30.3 Å². The standard InChI is InChI=1S/C31H38F3N6O5P/c1-5-30(6-2,46(42,43)44)20-10-12-23(25(15-20)45-4)37-29-35-16-22(31(32,33)34)27(38-29)36-24-11-9-19(17-40-13-7-8-14-40)21-18-39(3)28(41)26(21)24/h9-12,15-16H,5-8,13-14,17-18H2,1-4H3,(H2,42,43,44)(H2,35,36,37,38). The Bertz CT molecular complexity index is 1670. The summed E-state index contributed by atoms with van der Waals surface area (Å²) in [7, 11) is -1.55. The lowest BCUT2D eigenvalue weighted by Gasteiger charge is -2.33. The minimum atomic E-state index is -4.80. The van der Waals surface area contributed by atoms with E-state index in [1.807, 2.05) is 6.07 Å². The maximum atomic E-state index is 14.1. The Balaban J connectivity index is 1.51. The van der Waals surface area contributed by atoms with Gasteiger partial charge in [0.05, 0.1) is 29.2 Å². The molecular weight excluding hydrogens is 624 g/mol. The lowest BCUT2D eigenvalue weighted by atomic mass is 9.92. The highest BCUT2D eigenvalue weighted by Crippen LogP contribution is 2.61. The number of aromatic nitrogens is 2. The lowest BCUT2D eigenvalue weighted by Crippen LogP contribution is -2.24. The first-order valence-electron chi connectivity index (χ1n) is 15.1. The fourth-order valence-electron chi connectivity index (χ4n) is 6.36. The largest absolute Gasteiger partial charge is 0.495 e. The average Bonchev–Trinajstić information content (AvgIpc) is 3.62. The van der Waals surface area contributed by atoms with Crippen LogP contribution in [0.2, 0.25) is 0 Å². The van der Waals surface area contributed by atoms with Crippen LogP contribution >= 0.6 is 7.60 Å². The Labute approximate surface area is 265 Å². The molecule has 0 bridgehead atoms. The van der Waals surface area contributed by atoms with Crippen molar-refractivity contribution in [3.8, 4) is 5.75 Å². The van der Waals surface area contributed by atoms with Gasteiger partial charge in [0.1, 0.15) is 17.1 Å². The number of hydrogen-bond acceptors (Lipinski definition) is 8. The van der Waals surface area contributed by atoms with Crippen molar-refractivity contribution in [2.45, 2.75) is 64.0 Å². The highest BCUT2D eigenvalue weighted by atomic mass is 31.2. The van der Waals surface area contributed by atoms with Gasteiger partial charge in [-0.1, -0.05) is 26.0 Å². The number of nitrogens with zero attached hydrogens (tertiary/aromatic N) is 4. The van der Waals surface area contributed by atoms with Crippen LogP contribution in [-0.4, -0.2) is 62.7 Å². The van der Waals surface area contributed by atoms with Gasteiger partial charge in [-0.15, -0.1) is 0 Å². The zero-order chi connectivity index (χ0) is 33.4. The van der Waals surface area contributed by atoms with Crippen LogP contribution in [0.1, 0.15) is 72.1 Å². The average molecular weight is 663 g/mol. The number of ether oxygens (including phenoxy) is 1. The van der Waals surface area contributed by atoms with E-state index in [1.165, 1.54) is 30.2 Å². The fraction of sp³-hybridized carbons (Fsp3) is 0.452. The Morgan fingerprint density at radius 2 is 1.72 bits per heavy atom. The minimum Gasteiger partial charge on any atom is -0.495 e. The Kier molecular flexibility index (Phi) is 9.38. The van der Waals surface area contributed by atoms with E-state index in [0.29, 0.717) is 30.4 Å². The maximum absolute atomic E-state index is 14.1. The van der Waals surface area contributed by atoms with Crippen LogP contribution < -0.4 is 15.4 Å². The van der Waals surface area contributed by atoms with Gasteiger partial charge in [0.25, 0.3) is 5.91 Å². The highest BCUT2D eigenvalue weighted by molar-refractivity contribution is 7.53. The van der Waals surface area contributed by atoms with E-state index >= 15 is 0 Å². The molecule has 3 heterocycles. The third-order valence-electron chi connectivity index (χ3n) is 9.02. The third-order valence-corrected chi connectivity index (χ3v) is 11.0. The monoisotopic (exact) mass is 662 g/mol. The summed E-state index contributed by atoms with van der Waals surface area (Å²) in [5.74, 6) is -0.846. The van der Waals surface area contributed by atoms with Crippen LogP contribution in [0.15, 0.2) is 36.5 Å². The first-order valence-corrected chi connectivity index (χ1v) is 16.7. The first-order chi connectivity index (χ1) is 21.7. The van der Waals surface area contributed by atoms with Gasteiger partial charge in [-0.3, -0.25) is 14.3 Å². The SMILES string of the molecule is CCC(CC)(c1ccc(Nc2ncc(C(F)(F)F)c(Nc3ccc(CN4CCCC4)c4c3C(=O)N(C)C4)n2)c(OC)c1)P(=O)(O)O. The molecule has 2 aliphatic heterocycles. The number of hydrogen-bond donors (Lipinski definition) is 4. The van der Waals surface area contributed by atoms with Crippen LogP contribution in [-0.2, 0) is 29.0 Å². The van der Waals surface area contributed by atoms with Crippen molar-refractivity contribution in [2.75, 3.05) is 37.9 Å². The Morgan fingerprint density at radius 1 is 1.04 bits per heavy atom. The normalized spacial score (nSPS) is 15.8. The molecular formula is C31H38F3N6O5P. The van der Waals surface area contributed by atoms with Crippen LogP contribution in [0.4, 0.5) is 36.3 Å². The second kappa shape index (κ2) is 12.8. The fourth-order valence-corrected chi connectivity index (χ4v) is 7.66. The molecule has 0 saturated carbocycles. The van der Waals surface area contributed by atoms with Crippen LogP contribution in [0.3, 0.4) is 0 Å². The van der Waals surface area contributed by atoms with Gasteiger partial charge in [0.15, 0.2) is 0 Å². The van der Waals surface area contributed by atoms with Crippen molar-refractivity contribution in [2.24, 2.45) is 0 Å². The summed E-state index contributed by atoms with van der Waals surface area (Å²) in [6, 6.07) is 8.00. The second-order valence-electron chi connectivity index (χ2n) is 11.7. The molecule has 0 unspecified atom stereocenters. The van der Waals surface area contributed by atoms with Crippen molar-refractivity contribution in [3.05, 3.63) is 64.3 Å². The smallest absolute Gasteiger partial charge is 0.421 e. The van der Waals surface area contributed by atoms with E-state index in [2.05, 4.69) is 25.5 Å². The number of likely N-dealkylation sites (tertiary alicyclic amines) is 1. The molecule has 0 radical (unpaired) electrons. The Hall–Kier alpha value is -3.71. The van der Waals surface area contributed by atoms with E-state index in [9.17, 15) is 32.3 Å². The molecule has 11 nitrogen and oxygen atoms in total. The predicted molar refractivity (Wildman–Crippen MR) is 168 cm³/mol. The summed E-state index contributed by atoms with van der Waals surface area (Å²) in [6.45, 7) is 6.30. The molecule has 0 spiro atoms. The summed E-state index contributed by atoms with van der Waals surface area (Å²) >= 11 is 0. The molecule has 2 aromatic carbocycles. The molecule has 1 aromatic heterocycles. The van der Waals surface area contributed by atoms with Gasteiger partial charge >= 0.3 is 13.8 Å². The molecule has 1 saturated heterocycles. The van der Waals surface area contributed by atoms with Crippen LogP contribution in [0.5, 0.6) is 5.75 Å². The topological polar surface area (TPSA) is 140 Å². The number of benzene rings is 2. The minimum absolute atomic E-state index is 0.169. The summed E-state index contributed by atoms with van der Waals surface area (Å²) in [5.41, 5.74) is 1.78. The zero-order valence-corrected chi connectivity index (χ0v) is 27.0. The van der Waals surface area contributed by atoms with Crippen LogP contribution in [0.25, 0.3) is 0 Å². The number of methoxy groups -OCH3 is 1. The van der Waals surface area contributed by atoms with Crippen molar-refractivity contribution in [1.82, 2.24) is 19.8 Å². The van der Waals surface area contributed by atoms with Gasteiger partial charge < -0.3 is 30.1 Å². The summed E-state index contributed by atoms with van der Waals surface area (Å²) in [5, 5.41) is 4.21. The summed E-state index contributed by atoms with van der Waals surface area (Å²) < 4.78 is 60.4. The molecule has 4 N–H and O–H groups in total. The number of halogens is 3. The Morgan fingerprint density at radius 3 is 2.33 bits per heavy atom. The number of anilines is 4. The van der Waals surface area contributed by atoms with Crippen molar-refractivity contribution >= 4 is 36.6 Å². The zero-order valence-electron chi connectivity index (χ0n) is 26.1. The van der Waals surface area contributed by atoms with Gasteiger partial charge in [-0.25, -0.2) is 4.98 Å². The molecule has 1 amide bonds. The van der Waals surface area contributed by atoms with E-state index in [1.54, 1.807) is 27.0 Å². The van der Waals surface area contributed by atoms with Crippen molar-refractivity contribution in [3.63, 3.8) is 0 Å². The second-order valence-corrected chi connectivity index (χ2v) is 13.6. The lowest BCUT2D eigenvalue weighted by molar-refractivity contribution is -0.137. The number of carbonyl (C=O) groups excluding carboxylic acids is 1. The first kappa shape index (κ1) is 33.6. The number of amides is 1. The molecule has 46 heavy (non-hydrogen) atoms. The van der Waals surface area contributed by atoms with Crippen LogP contribution in [0, 0.1) is 0 Å². The molecule has 5 rings (SSSR count). The number of nitrogens with one attached hydrogen (secondary N) is 2. The molecule has 2 aliphatic rings. The molecule has 1 fully saturated rings. The van der Waals surface area contributed by atoms with Crippen molar-refractivity contribution in [1.29, 1.82) is 0 Å². The number of carbonyl (C=O) groups is 1. The highest BCUT2D eigenvalue weighted by Gasteiger charge is 2.45. The van der Waals surface area contributed by atoms with E-state index in [0.717, 1.165) is 37.1 Å². The molecule has 0 atom stereocenters. The summed E-state index contributed by atoms with van der Waals surface area (Å²) in [6.07, 6.45) is -1.60. The van der Waals surface area contributed by atoms with E-state index in [4.69, 9.17) is 4.74 Å². The number of alkyl halides is 3. The molecule has 248 valence electrons. The summed E-state index contributed by atoms with van der Waals surface area (Å²) in [4.78, 5) is 45.4. The van der Waals surface area contributed by atoms with Crippen molar-refractivity contribution < 1.29 is 37.1 Å². The van der Waals surface area contributed by atoms with Gasteiger partial charge in [-0.2, -0.15) is 18.2 Å². The van der Waals surface area contributed by atoms with Gasteiger partial charge in [0, 0.05) is 26.3 Å².